The smallest absolute Gasteiger partial charge is 0.315 e. The van der Waals surface area contributed by atoms with Crippen LogP contribution < -0.4 is 15.4 Å². The van der Waals surface area contributed by atoms with Crippen LogP contribution in [0.25, 0.3) is 0 Å². The van der Waals surface area contributed by atoms with Crippen LogP contribution in [0.3, 0.4) is 0 Å². The van der Waals surface area contributed by atoms with Crippen LogP contribution in [0.1, 0.15) is 11.1 Å². The third-order valence-corrected chi connectivity index (χ3v) is 3.54. The summed E-state index contributed by atoms with van der Waals surface area (Å²) >= 11 is 0. The molecular weight excluding hydrogens is 268 g/mol. The third kappa shape index (κ3) is 3.56. The molecule has 5 heteroatoms. The summed E-state index contributed by atoms with van der Waals surface area (Å²) in [6.45, 7) is 1.71. The van der Waals surface area contributed by atoms with E-state index in [-0.39, 0.29) is 6.03 Å². The van der Waals surface area contributed by atoms with E-state index in [1.807, 2.05) is 24.3 Å². The number of para-hydroxylation sites is 1. The fraction of sp³-hybridized carbons (Fsp3) is 0.312. The molecule has 2 amide bonds. The lowest BCUT2D eigenvalue weighted by Crippen LogP contribution is -2.40. The molecule has 0 saturated heterocycles. The van der Waals surface area contributed by atoms with Crippen LogP contribution in [0.2, 0.25) is 0 Å². The Morgan fingerprint density at radius 1 is 1.24 bits per heavy atom. The van der Waals surface area contributed by atoms with E-state index >= 15 is 0 Å². The summed E-state index contributed by atoms with van der Waals surface area (Å²) < 4.78 is 10.7. The van der Waals surface area contributed by atoms with Crippen LogP contribution in [0, 0.1) is 5.92 Å². The molecule has 1 unspecified atom stereocenters. The van der Waals surface area contributed by atoms with Crippen LogP contribution >= 0.6 is 0 Å². The molecule has 2 aromatic rings. The molecule has 0 bridgehead atoms. The van der Waals surface area contributed by atoms with Crippen molar-refractivity contribution in [3.63, 3.8) is 0 Å². The number of fused-ring (bicyclic) bond motifs is 1. The molecule has 0 spiro atoms. The monoisotopic (exact) mass is 286 g/mol. The first-order chi connectivity index (χ1) is 10.3. The van der Waals surface area contributed by atoms with Gasteiger partial charge in [0, 0.05) is 24.6 Å². The minimum atomic E-state index is -0.171. The topological polar surface area (TPSA) is 63.5 Å². The fourth-order valence-electron chi connectivity index (χ4n) is 2.40. The van der Waals surface area contributed by atoms with Gasteiger partial charge in [0.2, 0.25) is 0 Å². The lowest BCUT2D eigenvalue weighted by atomic mass is 9.97. The van der Waals surface area contributed by atoms with E-state index in [2.05, 4.69) is 16.7 Å². The van der Waals surface area contributed by atoms with Gasteiger partial charge in [-0.1, -0.05) is 18.2 Å². The Labute approximate surface area is 123 Å². The van der Waals surface area contributed by atoms with Gasteiger partial charge >= 0.3 is 6.03 Å². The summed E-state index contributed by atoms with van der Waals surface area (Å²) in [5.74, 6) is 1.26. The molecule has 1 atom stereocenters. The number of urea groups is 1. The molecule has 0 saturated carbocycles. The quantitative estimate of drug-likeness (QED) is 0.906. The number of nitrogens with one attached hydrogen (secondary N) is 2. The second-order valence-corrected chi connectivity index (χ2v) is 5.18. The normalized spacial score (nSPS) is 16.7. The highest BCUT2D eigenvalue weighted by Gasteiger charge is 2.19. The van der Waals surface area contributed by atoms with Gasteiger partial charge in [0.1, 0.15) is 5.75 Å². The molecule has 0 fully saturated rings. The maximum atomic E-state index is 11.7. The number of carbonyl (C=O) groups excluding carboxylic acids is 1. The average Bonchev–Trinajstić information content (AvgIpc) is 3.04. The molecule has 1 aliphatic heterocycles. The number of hydrogen-bond acceptors (Lipinski definition) is 3. The van der Waals surface area contributed by atoms with Crippen LogP contribution in [-0.4, -0.2) is 19.2 Å². The van der Waals surface area contributed by atoms with Crippen LogP contribution in [0.15, 0.2) is 47.3 Å². The van der Waals surface area contributed by atoms with Gasteiger partial charge in [-0.05, 0) is 24.1 Å². The average molecular weight is 286 g/mol. The van der Waals surface area contributed by atoms with Crippen molar-refractivity contribution in [2.45, 2.75) is 13.0 Å². The fourth-order valence-corrected chi connectivity index (χ4v) is 2.40. The number of benzene rings is 1. The molecule has 2 heterocycles. The Morgan fingerprint density at radius 2 is 2.14 bits per heavy atom. The summed E-state index contributed by atoms with van der Waals surface area (Å²) in [5.41, 5.74) is 2.15. The highest BCUT2D eigenvalue weighted by Crippen LogP contribution is 2.26. The van der Waals surface area contributed by atoms with E-state index in [4.69, 9.17) is 9.15 Å². The highest BCUT2D eigenvalue weighted by atomic mass is 16.5. The molecule has 2 N–H and O–H groups in total. The van der Waals surface area contributed by atoms with Crippen LogP contribution in [-0.2, 0) is 13.0 Å². The van der Waals surface area contributed by atoms with Crippen molar-refractivity contribution in [2.24, 2.45) is 5.92 Å². The zero-order valence-corrected chi connectivity index (χ0v) is 11.7. The van der Waals surface area contributed by atoms with E-state index in [1.165, 1.54) is 5.56 Å². The van der Waals surface area contributed by atoms with Crippen LogP contribution in [0.4, 0.5) is 4.79 Å². The largest absolute Gasteiger partial charge is 0.493 e. The van der Waals surface area contributed by atoms with Crippen molar-refractivity contribution < 1.29 is 13.9 Å². The van der Waals surface area contributed by atoms with E-state index < -0.39 is 0 Å². The molecule has 3 rings (SSSR count). The van der Waals surface area contributed by atoms with Crippen LogP contribution in [0.5, 0.6) is 5.75 Å². The summed E-state index contributed by atoms with van der Waals surface area (Å²) in [4.78, 5) is 11.7. The number of hydrogen-bond donors (Lipinski definition) is 2. The van der Waals surface area contributed by atoms with Gasteiger partial charge < -0.3 is 19.8 Å². The number of carbonyl (C=O) groups is 1. The van der Waals surface area contributed by atoms with Crippen molar-refractivity contribution in [3.8, 4) is 5.75 Å². The Kier molecular flexibility index (Phi) is 4.09. The van der Waals surface area contributed by atoms with Gasteiger partial charge in [0.15, 0.2) is 0 Å². The van der Waals surface area contributed by atoms with Crippen molar-refractivity contribution in [1.82, 2.24) is 10.6 Å². The Hall–Kier alpha value is -2.43. The maximum absolute atomic E-state index is 11.7. The lowest BCUT2D eigenvalue weighted by Gasteiger charge is -2.25. The second kappa shape index (κ2) is 6.35. The van der Waals surface area contributed by atoms with Gasteiger partial charge in [-0.15, -0.1) is 0 Å². The summed E-state index contributed by atoms with van der Waals surface area (Å²) in [7, 11) is 0. The number of ether oxygens (including phenoxy) is 1. The summed E-state index contributed by atoms with van der Waals surface area (Å²) in [6, 6.07) is 9.69. The molecule has 21 heavy (non-hydrogen) atoms. The molecule has 1 aromatic heterocycles. The summed E-state index contributed by atoms with van der Waals surface area (Å²) in [6.07, 6.45) is 4.14. The van der Waals surface area contributed by atoms with Gasteiger partial charge in [0.05, 0.1) is 19.1 Å². The predicted octanol–water partition coefficient (Wildman–Crippen LogP) is 2.33. The Morgan fingerprint density at radius 3 is 3.00 bits per heavy atom. The zero-order valence-electron chi connectivity index (χ0n) is 11.7. The highest BCUT2D eigenvalue weighted by molar-refractivity contribution is 5.73. The third-order valence-electron chi connectivity index (χ3n) is 3.54. The minimum Gasteiger partial charge on any atom is -0.493 e. The molecule has 110 valence electrons. The second-order valence-electron chi connectivity index (χ2n) is 5.18. The number of rotatable bonds is 4. The van der Waals surface area contributed by atoms with E-state index in [1.54, 1.807) is 12.5 Å². The van der Waals surface area contributed by atoms with Crippen molar-refractivity contribution in [1.29, 1.82) is 0 Å². The van der Waals surface area contributed by atoms with E-state index in [0.29, 0.717) is 25.6 Å². The van der Waals surface area contributed by atoms with E-state index in [9.17, 15) is 4.79 Å². The van der Waals surface area contributed by atoms with Crippen molar-refractivity contribution >= 4 is 6.03 Å². The molecule has 0 aliphatic carbocycles. The Bertz CT molecular complexity index is 595. The van der Waals surface area contributed by atoms with Crippen molar-refractivity contribution in [3.05, 3.63) is 54.0 Å². The SMILES string of the molecule is O=C(NCc1ccoc1)NCC1COc2ccccc2C1. The van der Waals surface area contributed by atoms with Gasteiger partial charge in [-0.2, -0.15) is 0 Å². The molecule has 1 aromatic carbocycles. The van der Waals surface area contributed by atoms with Gasteiger partial charge in [-0.25, -0.2) is 4.79 Å². The lowest BCUT2D eigenvalue weighted by molar-refractivity contribution is 0.211. The molecule has 0 radical (unpaired) electrons. The number of amides is 2. The van der Waals surface area contributed by atoms with Gasteiger partial charge in [0.25, 0.3) is 0 Å². The zero-order chi connectivity index (χ0) is 14.5. The van der Waals surface area contributed by atoms with Crippen molar-refractivity contribution in [2.75, 3.05) is 13.2 Å². The standard InChI is InChI=1S/C16H18N2O3/c19-16(17-8-12-5-6-20-10-12)18-9-13-7-14-3-1-2-4-15(14)21-11-13/h1-6,10,13H,7-9,11H2,(H2,17,18,19). The first-order valence-electron chi connectivity index (χ1n) is 7.05. The first kappa shape index (κ1) is 13.5. The van der Waals surface area contributed by atoms with E-state index in [0.717, 1.165) is 17.7 Å². The maximum Gasteiger partial charge on any atom is 0.315 e. The predicted molar refractivity (Wildman–Crippen MR) is 78.1 cm³/mol. The Balaban J connectivity index is 1.42. The van der Waals surface area contributed by atoms with Gasteiger partial charge in [-0.3, -0.25) is 0 Å². The summed E-state index contributed by atoms with van der Waals surface area (Å²) in [5, 5.41) is 5.68. The molecular formula is C16H18N2O3. The number of furan rings is 1. The first-order valence-corrected chi connectivity index (χ1v) is 7.05. The molecule has 1 aliphatic rings. The minimum absolute atomic E-state index is 0.171. The molecule has 5 nitrogen and oxygen atoms in total.